The van der Waals surface area contributed by atoms with Crippen molar-refractivity contribution in [1.82, 2.24) is 4.90 Å². The zero-order chi connectivity index (χ0) is 16.2. The molecule has 120 valence electrons. The van der Waals surface area contributed by atoms with Crippen LogP contribution < -0.4 is 9.47 Å². The van der Waals surface area contributed by atoms with Crippen molar-refractivity contribution >= 4 is 5.91 Å². The molecule has 1 aliphatic heterocycles. The number of fused-ring (bicyclic) bond motifs is 1. The summed E-state index contributed by atoms with van der Waals surface area (Å²) < 4.78 is 10.7. The van der Waals surface area contributed by atoms with Gasteiger partial charge in [0.25, 0.3) is 0 Å². The van der Waals surface area contributed by atoms with Gasteiger partial charge in [0.1, 0.15) is 0 Å². The Morgan fingerprint density at radius 1 is 1.13 bits per heavy atom. The van der Waals surface area contributed by atoms with Crippen LogP contribution in [0.2, 0.25) is 0 Å². The maximum Gasteiger partial charge on any atom is 0.231 e. The zero-order valence-electron chi connectivity index (χ0n) is 13.5. The summed E-state index contributed by atoms with van der Waals surface area (Å²) in [5, 5.41) is 0. The SMILES string of the molecule is Cc1ccccc1CN(C)C(=O)CCc1ccc2c(c1)OCO2. The van der Waals surface area contributed by atoms with Gasteiger partial charge in [-0.15, -0.1) is 0 Å². The second-order valence-corrected chi connectivity index (χ2v) is 5.86. The second kappa shape index (κ2) is 6.73. The quantitative estimate of drug-likeness (QED) is 0.850. The predicted molar refractivity (Wildman–Crippen MR) is 88.5 cm³/mol. The molecule has 0 saturated heterocycles. The lowest BCUT2D eigenvalue weighted by atomic mass is 10.1. The van der Waals surface area contributed by atoms with Crippen molar-refractivity contribution in [3.05, 3.63) is 59.2 Å². The fourth-order valence-corrected chi connectivity index (χ4v) is 2.67. The van der Waals surface area contributed by atoms with Crippen LogP contribution in [0.4, 0.5) is 0 Å². The first-order valence-corrected chi connectivity index (χ1v) is 7.80. The van der Waals surface area contributed by atoms with Gasteiger partial charge in [0.15, 0.2) is 11.5 Å². The molecule has 0 aromatic heterocycles. The van der Waals surface area contributed by atoms with Crippen molar-refractivity contribution < 1.29 is 14.3 Å². The van der Waals surface area contributed by atoms with Gasteiger partial charge >= 0.3 is 0 Å². The molecule has 23 heavy (non-hydrogen) atoms. The average Bonchev–Trinajstić information content (AvgIpc) is 3.02. The van der Waals surface area contributed by atoms with E-state index in [4.69, 9.17) is 9.47 Å². The van der Waals surface area contributed by atoms with E-state index < -0.39 is 0 Å². The molecular weight excluding hydrogens is 290 g/mol. The fraction of sp³-hybridized carbons (Fsp3) is 0.316. The van der Waals surface area contributed by atoms with Crippen LogP contribution >= 0.6 is 0 Å². The molecule has 0 spiro atoms. The summed E-state index contributed by atoms with van der Waals surface area (Å²) in [4.78, 5) is 14.1. The monoisotopic (exact) mass is 311 g/mol. The van der Waals surface area contributed by atoms with Crippen molar-refractivity contribution in [1.29, 1.82) is 0 Å². The summed E-state index contributed by atoms with van der Waals surface area (Å²) in [6.45, 7) is 2.99. The summed E-state index contributed by atoms with van der Waals surface area (Å²) >= 11 is 0. The van der Waals surface area contributed by atoms with E-state index in [-0.39, 0.29) is 12.7 Å². The molecule has 2 aromatic rings. The molecule has 0 radical (unpaired) electrons. The number of amides is 1. The Hall–Kier alpha value is -2.49. The third-order valence-electron chi connectivity index (χ3n) is 4.16. The third kappa shape index (κ3) is 3.65. The molecular formula is C19H21NO3. The van der Waals surface area contributed by atoms with Gasteiger partial charge in [-0.2, -0.15) is 0 Å². The Kier molecular flexibility index (Phi) is 4.51. The van der Waals surface area contributed by atoms with Gasteiger partial charge in [0, 0.05) is 20.0 Å². The van der Waals surface area contributed by atoms with Crippen molar-refractivity contribution in [2.45, 2.75) is 26.3 Å². The number of carbonyl (C=O) groups excluding carboxylic acids is 1. The molecule has 0 bridgehead atoms. The highest BCUT2D eigenvalue weighted by molar-refractivity contribution is 5.76. The van der Waals surface area contributed by atoms with Crippen LogP contribution in [0.5, 0.6) is 11.5 Å². The molecule has 1 aliphatic rings. The second-order valence-electron chi connectivity index (χ2n) is 5.86. The van der Waals surface area contributed by atoms with Crippen LogP contribution in [0.3, 0.4) is 0 Å². The average molecular weight is 311 g/mol. The first kappa shape index (κ1) is 15.4. The van der Waals surface area contributed by atoms with Crippen molar-refractivity contribution in [3.63, 3.8) is 0 Å². The van der Waals surface area contributed by atoms with Crippen LogP contribution in [-0.4, -0.2) is 24.6 Å². The number of benzene rings is 2. The van der Waals surface area contributed by atoms with Crippen LogP contribution in [0.1, 0.15) is 23.1 Å². The zero-order valence-corrected chi connectivity index (χ0v) is 13.5. The Balaban J connectivity index is 1.55. The molecule has 0 unspecified atom stereocenters. The molecule has 0 atom stereocenters. The van der Waals surface area contributed by atoms with Gasteiger partial charge in [-0.3, -0.25) is 4.79 Å². The number of ether oxygens (including phenoxy) is 2. The van der Waals surface area contributed by atoms with Gasteiger partial charge in [0.05, 0.1) is 0 Å². The summed E-state index contributed by atoms with van der Waals surface area (Å²) in [6, 6.07) is 14.0. The predicted octanol–water partition coefficient (Wildman–Crippen LogP) is 3.31. The van der Waals surface area contributed by atoms with Gasteiger partial charge in [-0.25, -0.2) is 0 Å². The lowest BCUT2D eigenvalue weighted by molar-refractivity contribution is -0.130. The maximum atomic E-state index is 12.3. The van der Waals surface area contributed by atoms with E-state index >= 15 is 0 Å². The summed E-state index contributed by atoms with van der Waals surface area (Å²) in [6.07, 6.45) is 1.19. The molecule has 1 amide bonds. The number of nitrogens with zero attached hydrogens (tertiary/aromatic N) is 1. The van der Waals surface area contributed by atoms with Crippen LogP contribution in [0.15, 0.2) is 42.5 Å². The first-order valence-electron chi connectivity index (χ1n) is 7.80. The van der Waals surface area contributed by atoms with E-state index in [1.807, 2.05) is 37.4 Å². The molecule has 0 N–H and O–H groups in total. The number of aryl methyl sites for hydroxylation is 2. The van der Waals surface area contributed by atoms with Crippen molar-refractivity contribution in [2.24, 2.45) is 0 Å². The van der Waals surface area contributed by atoms with Gasteiger partial charge < -0.3 is 14.4 Å². The fourth-order valence-electron chi connectivity index (χ4n) is 2.67. The normalized spacial score (nSPS) is 12.3. The molecule has 1 heterocycles. The minimum atomic E-state index is 0.144. The van der Waals surface area contributed by atoms with E-state index in [0.29, 0.717) is 19.4 Å². The van der Waals surface area contributed by atoms with Crippen molar-refractivity contribution in [3.8, 4) is 11.5 Å². The number of rotatable bonds is 5. The van der Waals surface area contributed by atoms with Crippen LogP contribution in [0, 0.1) is 6.92 Å². The lowest BCUT2D eigenvalue weighted by Gasteiger charge is -2.18. The summed E-state index contributed by atoms with van der Waals surface area (Å²) in [5.41, 5.74) is 3.49. The molecule has 3 rings (SSSR count). The smallest absolute Gasteiger partial charge is 0.231 e. The molecule has 0 fully saturated rings. The van der Waals surface area contributed by atoms with Crippen LogP contribution in [-0.2, 0) is 17.8 Å². The van der Waals surface area contributed by atoms with Crippen LogP contribution in [0.25, 0.3) is 0 Å². The Morgan fingerprint density at radius 2 is 1.91 bits per heavy atom. The minimum Gasteiger partial charge on any atom is -0.454 e. The Morgan fingerprint density at radius 3 is 2.74 bits per heavy atom. The van der Waals surface area contributed by atoms with Crippen molar-refractivity contribution in [2.75, 3.05) is 13.8 Å². The summed E-state index contributed by atoms with van der Waals surface area (Å²) in [5.74, 6) is 1.69. The molecule has 2 aromatic carbocycles. The lowest BCUT2D eigenvalue weighted by Crippen LogP contribution is -2.26. The summed E-state index contributed by atoms with van der Waals surface area (Å²) in [7, 11) is 1.86. The van der Waals surface area contributed by atoms with Gasteiger partial charge in [-0.1, -0.05) is 30.3 Å². The Bertz CT molecular complexity index is 712. The first-order chi connectivity index (χ1) is 11.1. The van der Waals surface area contributed by atoms with E-state index in [1.54, 1.807) is 4.90 Å². The van der Waals surface area contributed by atoms with Gasteiger partial charge in [0.2, 0.25) is 12.7 Å². The number of carbonyl (C=O) groups is 1. The molecule has 4 nitrogen and oxygen atoms in total. The largest absolute Gasteiger partial charge is 0.454 e. The minimum absolute atomic E-state index is 0.144. The third-order valence-corrected chi connectivity index (χ3v) is 4.16. The molecule has 0 aliphatic carbocycles. The highest BCUT2D eigenvalue weighted by Gasteiger charge is 2.15. The Labute approximate surface area is 136 Å². The topological polar surface area (TPSA) is 38.8 Å². The number of hydrogen-bond acceptors (Lipinski definition) is 3. The highest BCUT2D eigenvalue weighted by Crippen LogP contribution is 2.32. The standard InChI is InChI=1S/C19H21NO3/c1-14-5-3-4-6-16(14)12-20(2)19(21)10-8-15-7-9-17-18(11-15)23-13-22-17/h3-7,9,11H,8,10,12-13H2,1-2H3. The molecule has 0 saturated carbocycles. The van der Waals surface area contributed by atoms with Gasteiger partial charge in [-0.05, 0) is 42.2 Å². The van der Waals surface area contributed by atoms with E-state index in [2.05, 4.69) is 19.1 Å². The van der Waals surface area contributed by atoms with E-state index in [0.717, 1.165) is 17.1 Å². The van der Waals surface area contributed by atoms with E-state index in [9.17, 15) is 4.79 Å². The number of hydrogen-bond donors (Lipinski definition) is 0. The van der Waals surface area contributed by atoms with E-state index in [1.165, 1.54) is 11.1 Å². The molecule has 4 heteroatoms. The maximum absolute atomic E-state index is 12.3. The highest BCUT2D eigenvalue weighted by atomic mass is 16.7.